The van der Waals surface area contributed by atoms with E-state index in [1.54, 1.807) is 0 Å². The second-order valence-corrected chi connectivity index (χ2v) is 4.82. The second kappa shape index (κ2) is 4.14. The highest BCUT2D eigenvalue weighted by Gasteiger charge is 2.10. The third-order valence-corrected chi connectivity index (χ3v) is 3.42. The van der Waals surface area contributed by atoms with Crippen molar-refractivity contribution in [2.45, 2.75) is 13.8 Å². The fourth-order valence-electron chi connectivity index (χ4n) is 1.94. The molecule has 0 aliphatic heterocycles. The lowest BCUT2D eigenvalue weighted by atomic mass is 10.1. The summed E-state index contributed by atoms with van der Waals surface area (Å²) >= 11 is 5.87. The topological polar surface area (TPSA) is 26.0 Å². The molecule has 3 heteroatoms. The summed E-state index contributed by atoms with van der Waals surface area (Å²) in [6.07, 6.45) is 0. The lowest BCUT2D eigenvalue weighted by Crippen LogP contribution is -1.79. The summed E-state index contributed by atoms with van der Waals surface area (Å²) in [5.41, 5.74) is 5.04. The van der Waals surface area contributed by atoms with Crippen LogP contribution in [0.3, 0.4) is 0 Å². The van der Waals surface area contributed by atoms with Gasteiger partial charge in [0.25, 0.3) is 0 Å². The molecular formula is C15H12ClNO. The van der Waals surface area contributed by atoms with Crippen LogP contribution in [0, 0.1) is 13.8 Å². The van der Waals surface area contributed by atoms with Gasteiger partial charge in [0.2, 0.25) is 5.89 Å². The molecule has 1 aromatic heterocycles. The van der Waals surface area contributed by atoms with Gasteiger partial charge < -0.3 is 4.42 Å². The van der Waals surface area contributed by atoms with Gasteiger partial charge in [0.1, 0.15) is 5.52 Å². The van der Waals surface area contributed by atoms with E-state index < -0.39 is 0 Å². The highest BCUT2D eigenvalue weighted by atomic mass is 35.5. The molecule has 0 amide bonds. The van der Waals surface area contributed by atoms with E-state index in [-0.39, 0.29) is 0 Å². The number of aryl methyl sites for hydroxylation is 2. The van der Waals surface area contributed by atoms with Crippen LogP contribution in [-0.2, 0) is 0 Å². The normalized spacial score (nSPS) is 11.1. The van der Waals surface area contributed by atoms with E-state index >= 15 is 0 Å². The molecule has 0 bridgehead atoms. The smallest absolute Gasteiger partial charge is 0.227 e. The van der Waals surface area contributed by atoms with Crippen LogP contribution in [0.4, 0.5) is 0 Å². The van der Waals surface area contributed by atoms with Crippen LogP contribution < -0.4 is 0 Å². The summed E-state index contributed by atoms with van der Waals surface area (Å²) in [5, 5.41) is 0.710. The molecule has 2 nitrogen and oxygen atoms in total. The summed E-state index contributed by atoms with van der Waals surface area (Å²) in [4.78, 5) is 4.50. The molecule has 1 heterocycles. The summed E-state index contributed by atoms with van der Waals surface area (Å²) in [6.45, 7) is 4.12. The molecule has 0 saturated carbocycles. The molecular weight excluding hydrogens is 246 g/mol. The predicted molar refractivity (Wildman–Crippen MR) is 73.9 cm³/mol. The first-order valence-electron chi connectivity index (χ1n) is 5.78. The molecule has 0 aliphatic rings. The van der Waals surface area contributed by atoms with Crippen molar-refractivity contribution < 1.29 is 4.42 Å². The number of benzene rings is 2. The molecule has 0 N–H and O–H groups in total. The zero-order valence-corrected chi connectivity index (χ0v) is 11.0. The molecule has 3 rings (SSSR count). The summed E-state index contributed by atoms with van der Waals surface area (Å²) in [7, 11) is 0. The zero-order valence-electron chi connectivity index (χ0n) is 10.2. The van der Waals surface area contributed by atoms with E-state index in [1.807, 2.05) is 30.3 Å². The maximum Gasteiger partial charge on any atom is 0.227 e. The number of aromatic nitrogens is 1. The Kier molecular flexibility index (Phi) is 2.60. The fourth-order valence-corrected chi connectivity index (χ4v) is 2.06. The molecule has 0 atom stereocenters. The van der Waals surface area contributed by atoms with E-state index in [1.165, 1.54) is 5.56 Å². The number of fused-ring (bicyclic) bond motifs is 1. The molecule has 0 fully saturated rings. The monoisotopic (exact) mass is 257 g/mol. The van der Waals surface area contributed by atoms with Crippen molar-refractivity contribution >= 4 is 22.7 Å². The largest absolute Gasteiger partial charge is 0.436 e. The van der Waals surface area contributed by atoms with Crippen molar-refractivity contribution in [1.29, 1.82) is 0 Å². The van der Waals surface area contributed by atoms with Gasteiger partial charge in [0, 0.05) is 10.6 Å². The van der Waals surface area contributed by atoms with Crippen molar-refractivity contribution in [1.82, 2.24) is 4.98 Å². The molecule has 0 aliphatic carbocycles. The average molecular weight is 258 g/mol. The quantitative estimate of drug-likeness (QED) is 0.628. The van der Waals surface area contributed by atoms with Gasteiger partial charge in [-0.15, -0.1) is 0 Å². The van der Waals surface area contributed by atoms with E-state index in [0.717, 1.165) is 22.2 Å². The van der Waals surface area contributed by atoms with Gasteiger partial charge in [-0.05, 0) is 55.3 Å². The van der Waals surface area contributed by atoms with Crippen LogP contribution in [0.15, 0.2) is 40.8 Å². The Bertz CT molecular complexity index is 713. The van der Waals surface area contributed by atoms with Crippen LogP contribution in [0.25, 0.3) is 22.6 Å². The van der Waals surface area contributed by atoms with Gasteiger partial charge in [-0.2, -0.15) is 0 Å². The van der Waals surface area contributed by atoms with Crippen molar-refractivity contribution in [2.24, 2.45) is 0 Å². The molecule has 0 saturated heterocycles. The van der Waals surface area contributed by atoms with Crippen molar-refractivity contribution in [3.8, 4) is 11.5 Å². The predicted octanol–water partition coefficient (Wildman–Crippen LogP) is 4.77. The molecule has 90 valence electrons. The number of halogens is 1. The Morgan fingerprint density at radius 3 is 2.44 bits per heavy atom. The first kappa shape index (κ1) is 11.3. The minimum atomic E-state index is 0.635. The van der Waals surface area contributed by atoms with E-state index in [2.05, 4.69) is 24.9 Å². The third-order valence-electron chi connectivity index (χ3n) is 3.17. The van der Waals surface area contributed by atoms with Crippen LogP contribution in [0.1, 0.15) is 11.1 Å². The van der Waals surface area contributed by atoms with E-state index in [0.29, 0.717) is 10.9 Å². The molecule has 0 radical (unpaired) electrons. The number of oxazole rings is 1. The van der Waals surface area contributed by atoms with Crippen LogP contribution >= 0.6 is 11.6 Å². The Morgan fingerprint density at radius 2 is 1.72 bits per heavy atom. The first-order valence-corrected chi connectivity index (χ1v) is 6.15. The highest BCUT2D eigenvalue weighted by molar-refractivity contribution is 6.30. The lowest BCUT2D eigenvalue weighted by Gasteiger charge is -1.97. The maximum atomic E-state index is 5.87. The van der Waals surface area contributed by atoms with Crippen molar-refractivity contribution in [3.63, 3.8) is 0 Å². The lowest BCUT2D eigenvalue weighted by molar-refractivity contribution is 0.617. The molecule has 0 unspecified atom stereocenters. The Balaban J connectivity index is 2.19. The Hall–Kier alpha value is -1.80. The minimum absolute atomic E-state index is 0.635. The number of rotatable bonds is 1. The SMILES string of the molecule is Cc1ccc2nc(-c3ccc(Cl)cc3)oc2c1C. The van der Waals surface area contributed by atoms with Crippen LogP contribution in [0.5, 0.6) is 0 Å². The van der Waals surface area contributed by atoms with Gasteiger partial charge in [0.05, 0.1) is 0 Å². The number of hydrogen-bond acceptors (Lipinski definition) is 2. The fraction of sp³-hybridized carbons (Fsp3) is 0.133. The Labute approximate surface area is 110 Å². The third kappa shape index (κ3) is 1.79. The average Bonchev–Trinajstić information content (AvgIpc) is 2.80. The van der Waals surface area contributed by atoms with Gasteiger partial charge in [0.15, 0.2) is 5.58 Å². The highest BCUT2D eigenvalue weighted by Crippen LogP contribution is 2.28. The minimum Gasteiger partial charge on any atom is -0.436 e. The van der Waals surface area contributed by atoms with Crippen LogP contribution in [-0.4, -0.2) is 4.98 Å². The van der Waals surface area contributed by atoms with Gasteiger partial charge in [-0.1, -0.05) is 17.7 Å². The summed E-state index contributed by atoms with van der Waals surface area (Å²) in [6, 6.07) is 11.5. The van der Waals surface area contributed by atoms with Gasteiger partial charge in [-0.25, -0.2) is 4.98 Å². The maximum absolute atomic E-state index is 5.87. The van der Waals surface area contributed by atoms with Gasteiger partial charge in [-0.3, -0.25) is 0 Å². The standard InChI is InChI=1S/C15H12ClNO/c1-9-3-8-13-14(10(9)2)18-15(17-13)11-4-6-12(16)7-5-11/h3-8H,1-2H3. The summed E-state index contributed by atoms with van der Waals surface area (Å²) in [5.74, 6) is 0.635. The van der Waals surface area contributed by atoms with E-state index in [4.69, 9.17) is 16.0 Å². The molecule has 3 aromatic rings. The zero-order chi connectivity index (χ0) is 12.7. The van der Waals surface area contributed by atoms with Crippen molar-refractivity contribution in [2.75, 3.05) is 0 Å². The molecule has 0 spiro atoms. The first-order chi connectivity index (χ1) is 8.65. The second-order valence-electron chi connectivity index (χ2n) is 4.38. The molecule has 18 heavy (non-hydrogen) atoms. The Morgan fingerprint density at radius 1 is 1.00 bits per heavy atom. The summed E-state index contributed by atoms with van der Waals surface area (Å²) < 4.78 is 5.85. The van der Waals surface area contributed by atoms with Crippen molar-refractivity contribution in [3.05, 3.63) is 52.5 Å². The van der Waals surface area contributed by atoms with Crippen LogP contribution in [0.2, 0.25) is 5.02 Å². The molecule has 2 aromatic carbocycles. The van der Waals surface area contributed by atoms with E-state index in [9.17, 15) is 0 Å². The number of nitrogens with zero attached hydrogens (tertiary/aromatic N) is 1. The van der Waals surface area contributed by atoms with Gasteiger partial charge >= 0.3 is 0 Å². The number of hydrogen-bond donors (Lipinski definition) is 0.